The van der Waals surface area contributed by atoms with Crippen molar-refractivity contribution in [3.63, 3.8) is 0 Å². The summed E-state index contributed by atoms with van der Waals surface area (Å²) in [6, 6.07) is 17.2. The fourth-order valence-electron chi connectivity index (χ4n) is 3.68. The fourth-order valence-corrected chi connectivity index (χ4v) is 3.68. The minimum absolute atomic E-state index is 0.322. The summed E-state index contributed by atoms with van der Waals surface area (Å²) in [7, 11) is 1.32. The van der Waals surface area contributed by atoms with Gasteiger partial charge in [-0.25, -0.2) is 0 Å². The molecule has 0 fully saturated rings. The third-order valence-corrected chi connectivity index (χ3v) is 5.67. The lowest BCUT2D eigenvalue weighted by Crippen LogP contribution is -2.42. The van der Waals surface area contributed by atoms with Crippen LogP contribution in [0.4, 0.5) is 0 Å². The van der Waals surface area contributed by atoms with E-state index in [2.05, 4.69) is 10.5 Å². The molecule has 2 aromatic carbocycles. The summed E-state index contributed by atoms with van der Waals surface area (Å²) in [5, 5.41) is 26.6. The van der Waals surface area contributed by atoms with E-state index in [-0.39, 0.29) is 5.91 Å². The molecule has 0 aliphatic rings. The van der Waals surface area contributed by atoms with Gasteiger partial charge in [0.15, 0.2) is 12.4 Å². The van der Waals surface area contributed by atoms with Gasteiger partial charge in [0, 0.05) is 23.2 Å². The largest absolute Gasteiger partial charge is 0.619 e. The van der Waals surface area contributed by atoms with Crippen LogP contribution in [0.5, 0.6) is 0 Å². The Bertz CT molecular complexity index is 1190. The molecule has 0 spiro atoms. The molecule has 8 heteroatoms. The van der Waals surface area contributed by atoms with Crippen molar-refractivity contribution in [2.24, 2.45) is 11.1 Å². The zero-order valence-electron chi connectivity index (χ0n) is 19.3. The quantitative estimate of drug-likeness (QED) is 0.133. The summed E-state index contributed by atoms with van der Waals surface area (Å²) in [5.74, 6) is -1.38. The molecule has 3 aromatic rings. The van der Waals surface area contributed by atoms with Crippen molar-refractivity contribution in [1.82, 2.24) is 5.32 Å². The van der Waals surface area contributed by atoms with Gasteiger partial charge in [-0.2, -0.15) is 4.73 Å². The molecule has 34 heavy (non-hydrogen) atoms. The van der Waals surface area contributed by atoms with E-state index in [0.717, 1.165) is 27.0 Å². The number of nitrogens with zero attached hydrogens (tertiary/aromatic N) is 2. The van der Waals surface area contributed by atoms with Crippen LogP contribution in [0.1, 0.15) is 35.3 Å². The average molecular weight is 462 g/mol. The van der Waals surface area contributed by atoms with Gasteiger partial charge >= 0.3 is 5.97 Å². The molecule has 0 radical (unpaired) electrons. The number of esters is 1. The third-order valence-electron chi connectivity index (χ3n) is 5.67. The third kappa shape index (κ3) is 5.98. The first-order valence-corrected chi connectivity index (χ1v) is 10.8. The van der Waals surface area contributed by atoms with Crippen LogP contribution in [-0.2, 0) is 16.0 Å². The number of amides is 1. The minimum Gasteiger partial charge on any atom is -0.619 e. The molecule has 0 saturated heterocycles. The number of carbonyl (C=O) groups is 2. The van der Waals surface area contributed by atoms with E-state index >= 15 is 0 Å². The number of ether oxygens (including phenoxy) is 1. The Morgan fingerprint density at radius 3 is 2.47 bits per heavy atom. The average Bonchev–Trinajstić information content (AvgIpc) is 2.86. The molecule has 0 saturated carbocycles. The predicted molar refractivity (Wildman–Crippen MR) is 127 cm³/mol. The van der Waals surface area contributed by atoms with Crippen LogP contribution in [0.25, 0.3) is 11.1 Å². The molecule has 176 valence electrons. The maximum absolute atomic E-state index is 12.8. The van der Waals surface area contributed by atoms with Crippen molar-refractivity contribution in [3.8, 4) is 11.1 Å². The first-order chi connectivity index (χ1) is 16.3. The van der Waals surface area contributed by atoms with E-state index in [4.69, 9.17) is 9.94 Å². The highest BCUT2D eigenvalue weighted by Gasteiger charge is 2.28. The highest BCUT2D eigenvalue weighted by molar-refractivity contribution is 5.98. The summed E-state index contributed by atoms with van der Waals surface area (Å²) in [6.07, 6.45) is 3.20. The second-order valence-corrected chi connectivity index (χ2v) is 8.01. The SMILES string of the molecule is COC(=O)[C@H](Cc1cccc(/C(C)=N\O)c1)C(C)NC(=O)c1ccc(-c2ccc[n+]([O-])c2)cc1. The standard InChI is InChI=1S/C26H27N3O5/c1-17(28-32)22-7-4-6-19(14-22)15-24(26(31)34-3)18(2)27-25(30)21-11-9-20(10-12-21)23-8-5-13-29(33)16-23/h4-14,16,18,24,32H,15H2,1-3H3,(H,27,30)/b28-17-/t18?,24-/m1/s1. The Balaban J connectivity index is 1.73. The molecular weight excluding hydrogens is 434 g/mol. The van der Waals surface area contributed by atoms with Gasteiger partial charge in [0.05, 0.1) is 18.7 Å². The van der Waals surface area contributed by atoms with Gasteiger partial charge in [0.25, 0.3) is 5.91 Å². The number of benzene rings is 2. The molecule has 1 unspecified atom stereocenters. The fraction of sp³-hybridized carbons (Fsp3) is 0.231. The molecular formula is C26H27N3O5. The molecule has 0 aliphatic carbocycles. The number of hydrogen-bond donors (Lipinski definition) is 2. The first-order valence-electron chi connectivity index (χ1n) is 10.8. The van der Waals surface area contributed by atoms with E-state index in [1.807, 2.05) is 30.3 Å². The molecule has 1 aromatic heterocycles. The Labute approximate surface area is 198 Å². The van der Waals surface area contributed by atoms with Crippen LogP contribution in [0.2, 0.25) is 0 Å². The zero-order chi connectivity index (χ0) is 24.7. The highest BCUT2D eigenvalue weighted by Crippen LogP contribution is 2.20. The van der Waals surface area contributed by atoms with E-state index in [1.54, 1.807) is 44.2 Å². The normalized spacial score (nSPS) is 13.1. The van der Waals surface area contributed by atoms with Crippen LogP contribution in [0, 0.1) is 11.1 Å². The molecule has 1 heterocycles. The first kappa shape index (κ1) is 24.4. The number of carbonyl (C=O) groups excluding carboxylic acids is 2. The van der Waals surface area contributed by atoms with Gasteiger partial charge in [-0.3, -0.25) is 9.59 Å². The lowest BCUT2D eigenvalue weighted by molar-refractivity contribution is -0.604. The van der Waals surface area contributed by atoms with Gasteiger partial charge in [0.1, 0.15) is 0 Å². The molecule has 8 nitrogen and oxygen atoms in total. The Hall–Kier alpha value is -4.20. The molecule has 2 N–H and O–H groups in total. The van der Waals surface area contributed by atoms with Crippen molar-refractivity contribution < 1.29 is 24.3 Å². The molecule has 0 bridgehead atoms. The number of oxime groups is 1. The summed E-state index contributed by atoms with van der Waals surface area (Å²) in [5.41, 5.74) is 4.03. The van der Waals surface area contributed by atoms with E-state index in [9.17, 15) is 14.8 Å². The predicted octanol–water partition coefficient (Wildman–Crippen LogP) is 3.34. The Morgan fingerprint density at radius 2 is 1.82 bits per heavy atom. The monoisotopic (exact) mass is 461 g/mol. The second kappa shape index (κ2) is 11.1. The summed E-state index contributed by atoms with van der Waals surface area (Å²) in [6.45, 7) is 3.44. The van der Waals surface area contributed by atoms with Gasteiger partial charge in [-0.05, 0) is 61.2 Å². The smallest absolute Gasteiger partial charge is 0.311 e. The Kier molecular flexibility index (Phi) is 7.97. The van der Waals surface area contributed by atoms with Crippen molar-refractivity contribution >= 4 is 17.6 Å². The van der Waals surface area contributed by atoms with E-state index in [0.29, 0.717) is 17.7 Å². The van der Waals surface area contributed by atoms with Crippen LogP contribution in [-0.4, -0.2) is 35.9 Å². The van der Waals surface area contributed by atoms with Gasteiger partial charge in [-0.15, -0.1) is 0 Å². The lowest BCUT2D eigenvalue weighted by Gasteiger charge is -2.23. The number of aromatic nitrogens is 1. The number of hydrogen-bond acceptors (Lipinski definition) is 6. The summed E-state index contributed by atoms with van der Waals surface area (Å²) >= 11 is 0. The summed E-state index contributed by atoms with van der Waals surface area (Å²) < 4.78 is 5.71. The van der Waals surface area contributed by atoms with Gasteiger partial charge in [0.2, 0.25) is 0 Å². The number of rotatable bonds is 8. The zero-order valence-corrected chi connectivity index (χ0v) is 19.3. The number of methoxy groups -OCH3 is 1. The van der Waals surface area contributed by atoms with Crippen LogP contribution < -0.4 is 10.0 Å². The number of pyridine rings is 1. The maximum atomic E-state index is 12.8. The number of nitrogens with one attached hydrogen (secondary N) is 1. The molecule has 3 rings (SSSR count). The van der Waals surface area contributed by atoms with Crippen molar-refractivity contribution in [2.75, 3.05) is 7.11 Å². The van der Waals surface area contributed by atoms with Crippen LogP contribution in [0.3, 0.4) is 0 Å². The van der Waals surface area contributed by atoms with Crippen molar-refractivity contribution in [3.05, 3.63) is 95.0 Å². The van der Waals surface area contributed by atoms with Gasteiger partial charge in [-0.1, -0.05) is 35.5 Å². The Morgan fingerprint density at radius 1 is 1.09 bits per heavy atom. The molecule has 1 amide bonds. The van der Waals surface area contributed by atoms with Crippen molar-refractivity contribution in [1.29, 1.82) is 0 Å². The molecule has 2 atom stereocenters. The van der Waals surface area contributed by atoms with Gasteiger partial charge < -0.3 is 20.5 Å². The van der Waals surface area contributed by atoms with Crippen molar-refractivity contribution in [2.45, 2.75) is 26.3 Å². The van der Waals surface area contributed by atoms with E-state index < -0.39 is 17.9 Å². The van der Waals surface area contributed by atoms with Crippen LogP contribution >= 0.6 is 0 Å². The summed E-state index contributed by atoms with van der Waals surface area (Å²) in [4.78, 5) is 25.4. The van der Waals surface area contributed by atoms with E-state index in [1.165, 1.54) is 19.5 Å². The van der Waals surface area contributed by atoms with Crippen LogP contribution in [0.15, 0.2) is 78.2 Å². The molecule has 0 aliphatic heterocycles. The second-order valence-electron chi connectivity index (χ2n) is 8.01. The topological polar surface area (TPSA) is 115 Å². The minimum atomic E-state index is -0.619. The lowest BCUT2D eigenvalue weighted by atomic mass is 9.91. The highest BCUT2D eigenvalue weighted by atomic mass is 16.5. The maximum Gasteiger partial charge on any atom is 0.311 e.